The average molecular weight is 156 g/mol. The number of aromatic nitrogens is 1. The molecule has 0 aliphatic carbocycles. The summed E-state index contributed by atoms with van der Waals surface area (Å²) >= 11 is 1.34. The minimum absolute atomic E-state index is 0.0185. The van der Waals surface area contributed by atoms with E-state index < -0.39 is 0 Å². The largest absolute Gasteiger partial charge is 0.492 e. The zero-order valence-corrected chi connectivity index (χ0v) is 6.40. The summed E-state index contributed by atoms with van der Waals surface area (Å²) in [4.78, 5) is 4.33. The third-order valence-corrected chi connectivity index (χ3v) is 2.04. The molecule has 3 nitrogen and oxygen atoms in total. The number of rotatable bonds is 1. The third kappa shape index (κ3) is 1.11. The maximum Gasteiger partial charge on any atom is 0.231 e. The van der Waals surface area contributed by atoms with Crippen molar-refractivity contribution >= 4 is 17.0 Å². The van der Waals surface area contributed by atoms with E-state index in [0.717, 1.165) is 5.01 Å². The number of hydrogen-bond donors (Lipinski definition) is 2. The second-order valence-corrected chi connectivity index (χ2v) is 3.11. The molecule has 0 bridgehead atoms. The zero-order valence-electron chi connectivity index (χ0n) is 5.59. The molecule has 1 aromatic heterocycles. The lowest BCUT2D eigenvalue weighted by Gasteiger charge is -1.90. The Morgan fingerprint density at radius 1 is 1.80 bits per heavy atom. The monoisotopic (exact) mass is 156 g/mol. The van der Waals surface area contributed by atoms with E-state index in [2.05, 4.69) is 11.6 Å². The van der Waals surface area contributed by atoms with Gasteiger partial charge in [-0.25, -0.2) is 4.98 Å². The van der Waals surface area contributed by atoms with E-state index >= 15 is 0 Å². The van der Waals surface area contributed by atoms with E-state index in [1.165, 1.54) is 11.3 Å². The Balaban J connectivity index is 3.15. The molecular formula is C6H8N2OS. The maximum absolute atomic E-state index is 9.06. The fraction of sp³-hybridized carbons (Fsp3) is 0.167. The first-order valence-corrected chi connectivity index (χ1v) is 3.54. The summed E-state index contributed by atoms with van der Waals surface area (Å²) in [5.41, 5.74) is 5.71. The maximum atomic E-state index is 9.06. The average Bonchev–Trinajstić information content (AvgIpc) is 2.10. The minimum Gasteiger partial charge on any atom is -0.492 e. The highest BCUT2D eigenvalue weighted by Gasteiger charge is 2.07. The summed E-state index contributed by atoms with van der Waals surface area (Å²) in [5.74, 6) is -0.0185. The van der Waals surface area contributed by atoms with Gasteiger partial charge in [0.1, 0.15) is 4.88 Å². The van der Waals surface area contributed by atoms with Crippen LogP contribution in [0.15, 0.2) is 6.58 Å². The molecule has 0 fully saturated rings. The molecule has 1 rings (SSSR count). The van der Waals surface area contributed by atoms with Crippen molar-refractivity contribution in [1.82, 2.24) is 4.98 Å². The highest BCUT2D eigenvalue weighted by atomic mass is 32.1. The van der Waals surface area contributed by atoms with Crippen LogP contribution in [0.25, 0.3) is 5.70 Å². The minimum atomic E-state index is -0.0185. The summed E-state index contributed by atoms with van der Waals surface area (Å²) < 4.78 is 0. The smallest absolute Gasteiger partial charge is 0.231 e. The predicted molar refractivity (Wildman–Crippen MR) is 41.7 cm³/mol. The van der Waals surface area contributed by atoms with Gasteiger partial charge >= 0.3 is 0 Å². The topological polar surface area (TPSA) is 59.1 Å². The van der Waals surface area contributed by atoms with Crippen LogP contribution in [0.2, 0.25) is 0 Å². The van der Waals surface area contributed by atoms with E-state index in [0.29, 0.717) is 10.6 Å². The Morgan fingerprint density at radius 2 is 2.40 bits per heavy atom. The van der Waals surface area contributed by atoms with Crippen molar-refractivity contribution in [2.24, 2.45) is 5.73 Å². The SMILES string of the molecule is C=C(N)c1sc(C)nc1O. The molecule has 0 aromatic carbocycles. The molecule has 0 aliphatic heterocycles. The third-order valence-electron chi connectivity index (χ3n) is 1.01. The van der Waals surface area contributed by atoms with E-state index in [1.807, 2.05) is 0 Å². The van der Waals surface area contributed by atoms with Crippen LogP contribution in [0.5, 0.6) is 5.88 Å². The van der Waals surface area contributed by atoms with Crippen LogP contribution in [0, 0.1) is 6.92 Å². The predicted octanol–water partition coefficient (Wildman–Crippen LogP) is 1.09. The van der Waals surface area contributed by atoms with Crippen LogP contribution in [-0.4, -0.2) is 10.1 Å². The van der Waals surface area contributed by atoms with Crippen LogP contribution >= 0.6 is 11.3 Å². The van der Waals surface area contributed by atoms with Gasteiger partial charge in [0, 0.05) is 5.70 Å². The first-order chi connectivity index (χ1) is 4.61. The van der Waals surface area contributed by atoms with Gasteiger partial charge in [0.05, 0.1) is 5.01 Å². The fourth-order valence-corrected chi connectivity index (χ4v) is 1.32. The Hall–Kier alpha value is -1.03. The van der Waals surface area contributed by atoms with Crippen LogP contribution in [-0.2, 0) is 0 Å². The molecule has 0 saturated heterocycles. The molecule has 0 unspecified atom stereocenters. The molecule has 0 amide bonds. The summed E-state index contributed by atoms with van der Waals surface area (Å²) in [6.07, 6.45) is 0. The van der Waals surface area contributed by atoms with Gasteiger partial charge in [-0.1, -0.05) is 6.58 Å². The molecule has 0 aliphatic rings. The van der Waals surface area contributed by atoms with Gasteiger partial charge in [-0.2, -0.15) is 0 Å². The van der Waals surface area contributed by atoms with Crippen molar-refractivity contribution in [2.45, 2.75) is 6.92 Å². The van der Waals surface area contributed by atoms with Crippen LogP contribution in [0.1, 0.15) is 9.88 Å². The molecular weight excluding hydrogens is 148 g/mol. The number of hydrogen-bond acceptors (Lipinski definition) is 4. The van der Waals surface area contributed by atoms with Crippen molar-refractivity contribution in [3.63, 3.8) is 0 Å². The number of nitrogens with two attached hydrogens (primary N) is 1. The van der Waals surface area contributed by atoms with Crippen molar-refractivity contribution < 1.29 is 5.11 Å². The highest BCUT2D eigenvalue weighted by molar-refractivity contribution is 7.12. The van der Waals surface area contributed by atoms with Gasteiger partial charge in [-0.15, -0.1) is 11.3 Å². The molecule has 3 N–H and O–H groups in total. The Labute approximate surface area is 62.8 Å². The van der Waals surface area contributed by atoms with E-state index in [4.69, 9.17) is 10.8 Å². The Morgan fingerprint density at radius 3 is 2.60 bits per heavy atom. The second-order valence-electron chi connectivity index (χ2n) is 1.91. The molecule has 0 spiro atoms. The van der Waals surface area contributed by atoms with Gasteiger partial charge in [0.25, 0.3) is 0 Å². The van der Waals surface area contributed by atoms with Gasteiger partial charge in [-0.3, -0.25) is 0 Å². The molecule has 1 aromatic rings. The molecule has 0 saturated carbocycles. The van der Waals surface area contributed by atoms with E-state index in [1.54, 1.807) is 6.92 Å². The van der Waals surface area contributed by atoms with Crippen molar-refractivity contribution in [2.75, 3.05) is 0 Å². The highest BCUT2D eigenvalue weighted by Crippen LogP contribution is 2.26. The second kappa shape index (κ2) is 2.30. The normalized spacial score (nSPS) is 9.70. The molecule has 1 heterocycles. The molecule has 0 atom stereocenters. The number of aromatic hydroxyl groups is 1. The van der Waals surface area contributed by atoms with Gasteiger partial charge in [0.2, 0.25) is 5.88 Å². The van der Waals surface area contributed by atoms with Crippen molar-refractivity contribution in [3.05, 3.63) is 16.5 Å². The molecule has 0 radical (unpaired) electrons. The Kier molecular flexibility index (Phi) is 1.63. The van der Waals surface area contributed by atoms with Crippen LogP contribution in [0.4, 0.5) is 0 Å². The van der Waals surface area contributed by atoms with Crippen molar-refractivity contribution in [3.8, 4) is 5.88 Å². The number of aryl methyl sites for hydroxylation is 1. The van der Waals surface area contributed by atoms with E-state index in [-0.39, 0.29) is 5.88 Å². The lowest BCUT2D eigenvalue weighted by Crippen LogP contribution is -1.89. The van der Waals surface area contributed by atoms with Gasteiger partial charge < -0.3 is 10.8 Å². The van der Waals surface area contributed by atoms with Crippen molar-refractivity contribution in [1.29, 1.82) is 0 Å². The molecule has 10 heavy (non-hydrogen) atoms. The lowest BCUT2D eigenvalue weighted by molar-refractivity contribution is 0.455. The first-order valence-electron chi connectivity index (χ1n) is 2.72. The lowest BCUT2D eigenvalue weighted by atomic mass is 10.4. The fourth-order valence-electron chi connectivity index (χ4n) is 0.625. The van der Waals surface area contributed by atoms with Crippen LogP contribution < -0.4 is 5.73 Å². The van der Waals surface area contributed by atoms with E-state index in [9.17, 15) is 0 Å². The summed E-state index contributed by atoms with van der Waals surface area (Å²) in [6, 6.07) is 0. The number of thiazole rings is 1. The number of nitrogens with zero attached hydrogens (tertiary/aromatic N) is 1. The zero-order chi connectivity index (χ0) is 7.72. The molecule has 4 heteroatoms. The quantitative estimate of drug-likeness (QED) is 0.639. The van der Waals surface area contributed by atoms with Gasteiger partial charge in [-0.05, 0) is 6.92 Å². The summed E-state index contributed by atoms with van der Waals surface area (Å²) in [5, 5.41) is 9.85. The summed E-state index contributed by atoms with van der Waals surface area (Å²) in [7, 11) is 0. The van der Waals surface area contributed by atoms with Crippen LogP contribution in [0.3, 0.4) is 0 Å². The first kappa shape index (κ1) is 7.08. The standard InChI is InChI=1S/C6H8N2OS/c1-3(7)5-6(9)8-4(2)10-5/h9H,1,7H2,2H3. The molecule has 54 valence electrons. The van der Waals surface area contributed by atoms with Gasteiger partial charge in [0.15, 0.2) is 0 Å². The summed E-state index contributed by atoms with van der Waals surface area (Å²) in [6.45, 7) is 5.29. The Bertz CT molecular complexity index is 267.